The molecule has 0 amide bonds. The topological polar surface area (TPSA) is 64.3 Å². The van der Waals surface area contributed by atoms with Gasteiger partial charge in [-0.3, -0.25) is 9.78 Å². The summed E-state index contributed by atoms with van der Waals surface area (Å²) in [5.74, 6) is 0.427. The second-order valence-corrected chi connectivity index (χ2v) is 10.1. The molecule has 0 fully saturated rings. The van der Waals surface area contributed by atoms with E-state index in [4.69, 9.17) is 4.74 Å². The molecule has 35 heavy (non-hydrogen) atoms. The number of nitrogens with zero attached hydrogens (tertiary/aromatic N) is 2. The van der Waals surface area contributed by atoms with Gasteiger partial charge >= 0.3 is 6.18 Å². The number of aromatic nitrogens is 2. The zero-order valence-corrected chi connectivity index (χ0v) is 20.3. The fourth-order valence-corrected chi connectivity index (χ4v) is 5.29. The monoisotopic (exact) mass is 502 g/mol. The molecule has 0 aliphatic carbocycles. The third-order valence-electron chi connectivity index (χ3n) is 6.20. The molecule has 4 rings (SSSR count). The Morgan fingerprint density at radius 3 is 2.54 bits per heavy atom. The predicted octanol–water partition coefficient (Wildman–Crippen LogP) is 5.79. The summed E-state index contributed by atoms with van der Waals surface area (Å²) < 4.78 is 50.3. The number of hydrogen-bond acceptors (Lipinski definition) is 5. The van der Waals surface area contributed by atoms with Crippen molar-refractivity contribution in [3.8, 4) is 16.9 Å². The lowest BCUT2D eigenvalue weighted by molar-refractivity contribution is -0.271. The number of rotatable bonds is 7. The van der Waals surface area contributed by atoms with Crippen LogP contribution in [-0.2, 0) is 12.0 Å². The second-order valence-electron chi connectivity index (χ2n) is 9.19. The highest BCUT2D eigenvalue weighted by atomic mass is 32.1. The predicted molar refractivity (Wildman–Crippen MR) is 131 cm³/mol. The summed E-state index contributed by atoms with van der Waals surface area (Å²) in [6.45, 7) is 2.55. The van der Waals surface area contributed by atoms with Crippen molar-refractivity contribution in [3.05, 3.63) is 82.2 Å². The quantitative estimate of drug-likeness (QED) is 0.347. The van der Waals surface area contributed by atoms with E-state index >= 15 is 0 Å². The van der Waals surface area contributed by atoms with Crippen LogP contribution >= 0.6 is 11.3 Å². The number of alkyl halides is 3. The molecule has 0 aliphatic heterocycles. The zero-order chi connectivity index (χ0) is 25.4. The van der Waals surface area contributed by atoms with Crippen molar-refractivity contribution in [2.75, 3.05) is 7.11 Å². The molecule has 0 saturated carbocycles. The third-order valence-corrected chi connectivity index (χ3v) is 7.12. The standard InChI is InChI=1S/C26H25F3N2O3S/c1-24(2,19-13-17(6-7-22(19)34-3)18-5-4-10-30-14-18)15-25(33,26(27,28)29)16-31-11-8-21(32)23-20(31)9-12-35-23/h4-14,33H,15-16H2,1-3H3. The molecule has 0 saturated heterocycles. The summed E-state index contributed by atoms with van der Waals surface area (Å²) >= 11 is 1.16. The van der Waals surface area contributed by atoms with Crippen LogP contribution < -0.4 is 10.2 Å². The minimum atomic E-state index is -4.93. The van der Waals surface area contributed by atoms with Crippen molar-refractivity contribution in [2.24, 2.45) is 0 Å². The van der Waals surface area contributed by atoms with Crippen LogP contribution in [0.15, 0.2) is 71.2 Å². The van der Waals surface area contributed by atoms with Crippen LogP contribution in [0.5, 0.6) is 5.75 Å². The lowest BCUT2D eigenvalue weighted by Gasteiger charge is -2.39. The first kappa shape index (κ1) is 24.9. The van der Waals surface area contributed by atoms with Crippen molar-refractivity contribution in [1.29, 1.82) is 0 Å². The summed E-state index contributed by atoms with van der Waals surface area (Å²) in [6, 6.07) is 11.8. The number of ether oxygens (including phenoxy) is 1. The Balaban J connectivity index is 1.76. The van der Waals surface area contributed by atoms with Crippen LogP contribution in [-0.4, -0.2) is 33.5 Å². The van der Waals surface area contributed by atoms with Crippen LogP contribution in [0, 0.1) is 0 Å². The molecule has 3 heterocycles. The van der Waals surface area contributed by atoms with Gasteiger partial charge < -0.3 is 14.4 Å². The van der Waals surface area contributed by atoms with Crippen molar-refractivity contribution in [1.82, 2.24) is 9.55 Å². The average Bonchev–Trinajstić information content (AvgIpc) is 3.31. The van der Waals surface area contributed by atoms with Crippen molar-refractivity contribution >= 4 is 21.6 Å². The molecule has 1 unspecified atom stereocenters. The first-order chi connectivity index (χ1) is 16.4. The highest BCUT2D eigenvalue weighted by molar-refractivity contribution is 7.17. The highest BCUT2D eigenvalue weighted by Gasteiger charge is 2.56. The molecule has 0 spiro atoms. The Bertz CT molecular complexity index is 1400. The largest absolute Gasteiger partial charge is 0.496 e. The van der Waals surface area contributed by atoms with Gasteiger partial charge in [-0.2, -0.15) is 13.2 Å². The number of halogens is 3. The number of methoxy groups -OCH3 is 1. The Kier molecular flexibility index (Phi) is 6.50. The van der Waals surface area contributed by atoms with E-state index < -0.39 is 30.2 Å². The van der Waals surface area contributed by atoms with Gasteiger partial charge in [-0.1, -0.05) is 26.0 Å². The fraction of sp³-hybridized carbons (Fsp3) is 0.308. The summed E-state index contributed by atoms with van der Waals surface area (Å²) in [7, 11) is 1.46. The number of pyridine rings is 2. The molecule has 184 valence electrons. The molecular weight excluding hydrogens is 477 g/mol. The summed E-state index contributed by atoms with van der Waals surface area (Å²) in [5.41, 5.74) is -2.00. The van der Waals surface area contributed by atoms with Gasteiger partial charge in [0, 0.05) is 35.8 Å². The first-order valence-corrected chi connectivity index (χ1v) is 11.8. The number of fused-ring (bicyclic) bond motifs is 1. The van der Waals surface area contributed by atoms with E-state index in [2.05, 4.69) is 4.98 Å². The number of benzene rings is 1. The molecule has 3 aromatic heterocycles. The Labute approximate surface area is 204 Å². The Morgan fingerprint density at radius 1 is 1.11 bits per heavy atom. The Hall–Kier alpha value is -3.17. The molecule has 1 atom stereocenters. The van der Waals surface area contributed by atoms with Crippen molar-refractivity contribution < 1.29 is 23.0 Å². The lowest BCUT2D eigenvalue weighted by atomic mass is 9.73. The normalized spacial score (nSPS) is 14.1. The zero-order valence-electron chi connectivity index (χ0n) is 19.5. The molecular formula is C26H25F3N2O3S. The first-order valence-electron chi connectivity index (χ1n) is 10.9. The van der Waals surface area contributed by atoms with Crippen molar-refractivity contribution in [3.63, 3.8) is 0 Å². The van der Waals surface area contributed by atoms with Gasteiger partial charge in [0.15, 0.2) is 11.0 Å². The minimum Gasteiger partial charge on any atom is -0.496 e. The lowest BCUT2D eigenvalue weighted by Crippen LogP contribution is -2.52. The summed E-state index contributed by atoms with van der Waals surface area (Å²) in [5, 5.41) is 12.8. The summed E-state index contributed by atoms with van der Waals surface area (Å²) in [4.78, 5) is 16.2. The maximum atomic E-state index is 14.4. The number of thiophene rings is 1. The molecule has 4 aromatic rings. The van der Waals surface area contributed by atoms with E-state index in [1.54, 1.807) is 55.9 Å². The van der Waals surface area contributed by atoms with E-state index in [1.165, 1.54) is 23.9 Å². The van der Waals surface area contributed by atoms with E-state index in [-0.39, 0.29) is 5.43 Å². The third kappa shape index (κ3) is 4.83. The molecule has 1 N–H and O–H groups in total. The number of hydrogen-bond donors (Lipinski definition) is 1. The summed E-state index contributed by atoms with van der Waals surface area (Å²) in [6.07, 6.45) is -0.946. The molecule has 0 radical (unpaired) electrons. The van der Waals surface area contributed by atoms with Gasteiger partial charge in [0.25, 0.3) is 0 Å². The molecule has 0 bridgehead atoms. The minimum absolute atomic E-state index is 0.265. The fourth-order valence-electron chi connectivity index (χ4n) is 4.47. The van der Waals surface area contributed by atoms with E-state index in [0.717, 1.165) is 22.5 Å². The van der Waals surface area contributed by atoms with Gasteiger partial charge in [0.1, 0.15) is 5.75 Å². The highest BCUT2D eigenvalue weighted by Crippen LogP contribution is 2.45. The van der Waals surface area contributed by atoms with Crippen LogP contribution in [0.3, 0.4) is 0 Å². The van der Waals surface area contributed by atoms with Crippen molar-refractivity contribution in [2.45, 2.75) is 44.0 Å². The average molecular weight is 503 g/mol. The van der Waals surface area contributed by atoms with E-state index in [9.17, 15) is 23.1 Å². The molecule has 1 aromatic carbocycles. The maximum Gasteiger partial charge on any atom is 0.418 e. The SMILES string of the molecule is COc1ccc(-c2cccnc2)cc1C(C)(C)CC(O)(Cn1ccc(=O)c2sccc21)C(F)(F)F. The maximum absolute atomic E-state index is 14.4. The van der Waals surface area contributed by atoms with Gasteiger partial charge in [-0.25, -0.2) is 0 Å². The van der Waals surface area contributed by atoms with Gasteiger partial charge in [0.2, 0.25) is 0 Å². The van der Waals surface area contributed by atoms with Crippen LogP contribution in [0.1, 0.15) is 25.8 Å². The Morgan fingerprint density at radius 2 is 1.89 bits per heavy atom. The molecule has 9 heteroatoms. The second kappa shape index (κ2) is 9.13. The van der Waals surface area contributed by atoms with E-state index in [1.807, 2.05) is 12.1 Å². The van der Waals surface area contributed by atoms with E-state index in [0.29, 0.717) is 21.5 Å². The van der Waals surface area contributed by atoms with Crippen LogP contribution in [0.25, 0.3) is 21.3 Å². The van der Waals surface area contributed by atoms with Crippen LogP contribution in [0.2, 0.25) is 0 Å². The number of aliphatic hydroxyl groups is 1. The van der Waals surface area contributed by atoms with Crippen LogP contribution in [0.4, 0.5) is 13.2 Å². The molecule has 5 nitrogen and oxygen atoms in total. The smallest absolute Gasteiger partial charge is 0.418 e. The van der Waals surface area contributed by atoms with Gasteiger partial charge in [0.05, 0.1) is 23.9 Å². The van der Waals surface area contributed by atoms with Gasteiger partial charge in [-0.15, -0.1) is 11.3 Å². The molecule has 0 aliphatic rings. The van der Waals surface area contributed by atoms with Gasteiger partial charge in [-0.05, 0) is 47.0 Å².